The Morgan fingerprint density at radius 2 is 2.02 bits per heavy atom. The minimum Gasteiger partial charge on any atom is -0.379 e. The smallest absolute Gasteiger partial charge is 0.379 e. The molecule has 2 aliphatic rings. The Hall–Kier alpha value is -3.04. The number of phosphoric acid groups is 1. The normalized spacial score (nSPS) is 19.4. The second-order valence-corrected chi connectivity index (χ2v) is 12.2. The molecule has 0 aliphatic carbocycles. The molecule has 4 heterocycles. The molecule has 2 unspecified atom stereocenters. The number of nitrogens with one attached hydrogen (secondary N) is 3. The molecule has 2 amide bonds. The van der Waals surface area contributed by atoms with Crippen LogP contribution in [0.4, 0.5) is 15.1 Å². The zero-order valence-corrected chi connectivity index (χ0v) is 25.3. The number of amides is 2. The number of urea groups is 1. The highest BCUT2D eigenvalue weighted by Gasteiger charge is 2.36. The van der Waals surface area contributed by atoms with E-state index in [9.17, 15) is 14.3 Å². The molecule has 4 N–H and O–H groups in total. The van der Waals surface area contributed by atoms with Gasteiger partial charge in [-0.15, -0.1) is 0 Å². The predicted molar refractivity (Wildman–Crippen MR) is 155 cm³/mol. The second-order valence-electron chi connectivity index (χ2n) is 10.8. The zero-order chi connectivity index (χ0) is 30.6. The molecule has 5 rings (SSSR count). The maximum absolute atomic E-state index is 16.1. The van der Waals surface area contributed by atoms with Gasteiger partial charge in [-0.05, 0) is 39.7 Å². The lowest BCUT2D eigenvalue weighted by molar-refractivity contribution is 0.0176. The molecular formula is C27H37FN7O7P. The minimum absolute atomic E-state index is 0.00651. The van der Waals surface area contributed by atoms with E-state index in [2.05, 4.69) is 35.5 Å². The number of nitrogens with zero attached hydrogens (tertiary/aromatic N) is 4. The summed E-state index contributed by atoms with van der Waals surface area (Å²) in [5.74, 6) is -0.253. The third-order valence-electron chi connectivity index (χ3n) is 7.18. The van der Waals surface area contributed by atoms with E-state index < -0.39 is 31.4 Å². The first kappa shape index (κ1) is 31.4. The highest BCUT2D eigenvalue weighted by Crippen LogP contribution is 2.49. The summed E-state index contributed by atoms with van der Waals surface area (Å²) < 4.78 is 50.6. The number of rotatable bonds is 11. The van der Waals surface area contributed by atoms with E-state index in [1.165, 1.54) is 12.4 Å². The largest absolute Gasteiger partial charge is 0.473 e. The Morgan fingerprint density at radius 1 is 1.28 bits per heavy atom. The number of anilines is 1. The number of carbonyl (C=O) groups excluding carboxylic acids is 1. The molecular weight excluding hydrogens is 584 g/mol. The van der Waals surface area contributed by atoms with Gasteiger partial charge in [0.2, 0.25) is 5.95 Å². The molecule has 2 aliphatic heterocycles. The molecule has 1 aromatic carbocycles. The van der Waals surface area contributed by atoms with Crippen LogP contribution in [0.25, 0.3) is 22.2 Å². The molecule has 2 aromatic heterocycles. The number of hydrogen-bond donors (Lipinski definition) is 4. The van der Waals surface area contributed by atoms with E-state index in [0.29, 0.717) is 55.9 Å². The van der Waals surface area contributed by atoms with E-state index in [0.717, 1.165) is 19.5 Å². The van der Waals surface area contributed by atoms with E-state index in [4.69, 9.17) is 18.5 Å². The van der Waals surface area contributed by atoms with Gasteiger partial charge >= 0.3 is 13.9 Å². The molecule has 0 spiro atoms. The van der Waals surface area contributed by atoms with Gasteiger partial charge in [-0.25, -0.2) is 28.7 Å². The molecule has 14 nitrogen and oxygen atoms in total. The molecule has 234 valence electrons. The van der Waals surface area contributed by atoms with Gasteiger partial charge in [0.15, 0.2) is 5.82 Å². The van der Waals surface area contributed by atoms with E-state index >= 15 is 4.39 Å². The summed E-state index contributed by atoms with van der Waals surface area (Å²) in [7, 11) is -4.44. The number of ether oxygens (including phenoxy) is 2. The molecule has 2 saturated heterocycles. The number of phosphoric ester groups is 1. The molecule has 0 radical (unpaired) electrons. The van der Waals surface area contributed by atoms with Crippen LogP contribution in [0.3, 0.4) is 0 Å². The number of imidazole rings is 1. The lowest BCUT2D eigenvalue weighted by Crippen LogP contribution is -2.38. The van der Waals surface area contributed by atoms with E-state index in [-0.39, 0.29) is 29.5 Å². The van der Waals surface area contributed by atoms with E-state index in [1.54, 1.807) is 26.8 Å². The van der Waals surface area contributed by atoms with Crippen molar-refractivity contribution in [1.82, 2.24) is 30.2 Å². The Morgan fingerprint density at radius 3 is 2.70 bits per heavy atom. The third-order valence-corrected chi connectivity index (χ3v) is 8.38. The van der Waals surface area contributed by atoms with E-state index in [1.807, 2.05) is 0 Å². The van der Waals surface area contributed by atoms with Gasteiger partial charge in [-0.2, -0.15) is 0 Å². The van der Waals surface area contributed by atoms with Crippen LogP contribution in [0, 0.1) is 5.82 Å². The number of aromatic amines is 1. The van der Waals surface area contributed by atoms with Crippen LogP contribution < -0.4 is 10.6 Å². The van der Waals surface area contributed by atoms with Crippen molar-refractivity contribution in [3.05, 3.63) is 35.7 Å². The fraction of sp³-hybridized carbons (Fsp3) is 0.556. The van der Waals surface area contributed by atoms with Crippen molar-refractivity contribution in [2.75, 3.05) is 57.9 Å². The fourth-order valence-corrected chi connectivity index (χ4v) is 6.10. The lowest BCUT2D eigenvalue weighted by atomic mass is 9.98. The van der Waals surface area contributed by atoms with Crippen LogP contribution >= 0.6 is 7.82 Å². The molecule has 43 heavy (non-hydrogen) atoms. The molecule has 16 heteroatoms. The van der Waals surface area contributed by atoms with Crippen LogP contribution in [0.2, 0.25) is 0 Å². The van der Waals surface area contributed by atoms with Crippen molar-refractivity contribution in [1.29, 1.82) is 0 Å². The van der Waals surface area contributed by atoms with Crippen molar-refractivity contribution >= 4 is 30.8 Å². The van der Waals surface area contributed by atoms with Crippen LogP contribution in [0.15, 0.2) is 18.5 Å². The standard InChI is InChI=1S/C27H37FN7O7P/c1-4-29-26(36)34-25-32-19-14-18(22(28)21(23(19)33-25)20-6-5-10-40-20)17-15-30-24(31-16-17)27(2,3)42-43(37,38)41-13-9-35-7-11-39-12-8-35/h14-16,20H,4-13H2,1-3H3,(H,37,38)(H3,29,32,33,34,36). The Kier molecular flexibility index (Phi) is 9.71. The minimum atomic E-state index is -4.44. The summed E-state index contributed by atoms with van der Waals surface area (Å²) in [5, 5.41) is 5.25. The summed E-state index contributed by atoms with van der Waals surface area (Å²) >= 11 is 0. The highest BCUT2D eigenvalue weighted by atomic mass is 31.2. The van der Waals surface area contributed by atoms with Crippen LogP contribution in [0.1, 0.15) is 51.1 Å². The van der Waals surface area contributed by atoms with Crippen LogP contribution in [0.5, 0.6) is 0 Å². The first-order valence-electron chi connectivity index (χ1n) is 14.3. The Labute approximate surface area is 248 Å². The SMILES string of the molecule is CCNC(=O)Nc1nc2c(C3CCCO3)c(F)c(-c3cnc(C(C)(C)OP(=O)(O)OCCN4CCOCC4)nc3)cc2[nH]1. The second kappa shape index (κ2) is 13.3. The summed E-state index contributed by atoms with van der Waals surface area (Å²) in [6.07, 6.45) is 3.74. The number of fused-ring (bicyclic) bond motifs is 1. The predicted octanol–water partition coefficient (Wildman–Crippen LogP) is 3.85. The number of benzene rings is 1. The first-order valence-corrected chi connectivity index (χ1v) is 15.8. The number of H-pyrrole nitrogens is 1. The summed E-state index contributed by atoms with van der Waals surface area (Å²) in [6, 6.07) is 1.13. The van der Waals surface area contributed by atoms with Crippen LogP contribution in [-0.4, -0.2) is 88.4 Å². The van der Waals surface area contributed by atoms with Crippen molar-refractivity contribution < 1.29 is 37.2 Å². The molecule has 0 saturated carbocycles. The summed E-state index contributed by atoms with van der Waals surface area (Å²) in [4.78, 5) is 40.6. The monoisotopic (exact) mass is 621 g/mol. The highest BCUT2D eigenvalue weighted by molar-refractivity contribution is 7.47. The maximum Gasteiger partial charge on any atom is 0.473 e. The van der Waals surface area contributed by atoms with Crippen molar-refractivity contribution in [2.45, 2.75) is 45.3 Å². The number of carbonyl (C=O) groups is 1. The topological polar surface area (TPSA) is 173 Å². The van der Waals surface area contributed by atoms with Crippen LogP contribution in [-0.2, 0) is 28.7 Å². The lowest BCUT2D eigenvalue weighted by Gasteiger charge is -2.28. The molecule has 3 aromatic rings. The van der Waals surface area contributed by atoms with Crippen molar-refractivity contribution in [2.24, 2.45) is 0 Å². The fourth-order valence-electron chi connectivity index (χ4n) is 5.08. The Balaban J connectivity index is 1.35. The van der Waals surface area contributed by atoms with Gasteiger partial charge in [-0.1, -0.05) is 0 Å². The summed E-state index contributed by atoms with van der Waals surface area (Å²) in [5.41, 5.74) is 0.316. The maximum atomic E-state index is 16.1. The average molecular weight is 622 g/mol. The van der Waals surface area contributed by atoms with Gasteiger partial charge in [0.05, 0.1) is 37.0 Å². The van der Waals surface area contributed by atoms with Gasteiger partial charge < -0.3 is 24.7 Å². The van der Waals surface area contributed by atoms with Gasteiger partial charge in [-0.3, -0.25) is 19.3 Å². The molecule has 0 bridgehead atoms. The summed E-state index contributed by atoms with van der Waals surface area (Å²) in [6.45, 7) is 8.96. The van der Waals surface area contributed by atoms with Gasteiger partial charge in [0.25, 0.3) is 0 Å². The first-order chi connectivity index (χ1) is 20.6. The third kappa shape index (κ3) is 7.55. The number of morpholine rings is 1. The van der Waals surface area contributed by atoms with Crippen molar-refractivity contribution in [3.63, 3.8) is 0 Å². The average Bonchev–Trinajstić information content (AvgIpc) is 3.63. The van der Waals surface area contributed by atoms with Crippen molar-refractivity contribution in [3.8, 4) is 11.1 Å². The molecule has 2 fully saturated rings. The number of aromatic nitrogens is 4. The number of hydrogen-bond acceptors (Lipinski definition) is 10. The molecule has 2 atom stereocenters. The number of halogens is 1. The zero-order valence-electron chi connectivity index (χ0n) is 24.4. The Bertz CT molecular complexity index is 1470. The van der Waals surface area contributed by atoms with Gasteiger partial charge in [0.1, 0.15) is 11.4 Å². The van der Waals surface area contributed by atoms with Gasteiger partial charge in [0, 0.05) is 61.9 Å². The quantitative estimate of drug-likeness (QED) is 0.229.